The highest BCUT2D eigenvalue weighted by Crippen LogP contribution is 2.25. The molecule has 2 amide bonds. The number of nitrogens with zero attached hydrogens (tertiary/aromatic N) is 2. The molecular weight excluding hydrogens is 272 g/mol. The van der Waals surface area contributed by atoms with Gasteiger partial charge in [0.1, 0.15) is 0 Å². The van der Waals surface area contributed by atoms with Crippen molar-refractivity contribution in [2.45, 2.75) is 6.42 Å². The molecule has 0 aromatic heterocycles. The van der Waals surface area contributed by atoms with E-state index in [1.54, 1.807) is 43.3 Å². The van der Waals surface area contributed by atoms with E-state index < -0.39 is 5.97 Å². The molecule has 0 N–H and O–H groups in total. The van der Waals surface area contributed by atoms with Gasteiger partial charge in [0.25, 0.3) is 0 Å². The van der Waals surface area contributed by atoms with Crippen LogP contribution in [0.4, 0.5) is 5.69 Å². The van der Waals surface area contributed by atoms with E-state index in [0.29, 0.717) is 17.8 Å². The molecule has 112 valence electrons. The molecule has 0 saturated carbocycles. The van der Waals surface area contributed by atoms with Crippen LogP contribution in [0.15, 0.2) is 24.3 Å². The van der Waals surface area contributed by atoms with Crippen LogP contribution in [0.25, 0.3) is 0 Å². The molecule has 1 unspecified atom stereocenters. The summed E-state index contributed by atoms with van der Waals surface area (Å²) in [5, 5.41) is 0. The summed E-state index contributed by atoms with van der Waals surface area (Å²) < 4.78 is 4.73. The maximum absolute atomic E-state index is 12.5. The van der Waals surface area contributed by atoms with Crippen molar-refractivity contribution in [2.75, 3.05) is 32.6 Å². The van der Waals surface area contributed by atoms with E-state index in [9.17, 15) is 14.4 Å². The molecule has 2 rings (SSSR count). The molecule has 0 aliphatic carbocycles. The molecule has 1 aliphatic rings. The van der Waals surface area contributed by atoms with Crippen LogP contribution in [-0.4, -0.2) is 50.4 Å². The standard InChI is InChI=1S/C15H18N2O4/c1-16-9-10(8-13(16)18)14(19)17(2)12-7-5-4-6-11(12)15(20)21-3/h4-7,10H,8-9H2,1-3H3. The number of hydrogen-bond acceptors (Lipinski definition) is 4. The van der Waals surface area contributed by atoms with Gasteiger partial charge >= 0.3 is 5.97 Å². The van der Waals surface area contributed by atoms with Gasteiger partial charge in [-0.15, -0.1) is 0 Å². The summed E-state index contributed by atoms with van der Waals surface area (Å²) in [4.78, 5) is 38.8. The second-order valence-corrected chi connectivity index (χ2v) is 5.08. The van der Waals surface area contributed by atoms with Crippen LogP contribution in [-0.2, 0) is 14.3 Å². The molecule has 1 aromatic rings. The Balaban J connectivity index is 2.24. The minimum atomic E-state index is -0.495. The maximum Gasteiger partial charge on any atom is 0.339 e. The Kier molecular flexibility index (Phi) is 4.26. The van der Waals surface area contributed by atoms with Crippen LogP contribution >= 0.6 is 0 Å². The Morgan fingerprint density at radius 3 is 2.57 bits per heavy atom. The zero-order chi connectivity index (χ0) is 15.6. The van der Waals surface area contributed by atoms with Crippen LogP contribution in [0, 0.1) is 5.92 Å². The van der Waals surface area contributed by atoms with Crippen molar-refractivity contribution in [1.82, 2.24) is 4.90 Å². The number of ether oxygens (including phenoxy) is 1. The minimum absolute atomic E-state index is 0.0389. The van der Waals surface area contributed by atoms with Gasteiger partial charge in [0.2, 0.25) is 11.8 Å². The smallest absolute Gasteiger partial charge is 0.339 e. The third kappa shape index (κ3) is 2.89. The van der Waals surface area contributed by atoms with Gasteiger partial charge in [0.15, 0.2) is 0 Å². The van der Waals surface area contributed by atoms with E-state index in [0.717, 1.165) is 0 Å². The number of amides is 2. The summed E-state index contributed by atoms with van der Waals surface area (Å²) >= 11 is 0. The molecule has 1 aliphatic heterocycles. The number of likely N-dealkylation sites (tertiary alicyclic amines) is 1. The zero-order valence-corrected chi connectivity index (χ0v) is 12.3. The molecule has 1 saturated heterocycles. The number of rotatable bonds is 3. The first-order valence-electron chi connectivity index (χ1n) is 6.64. The van der Waals surface area contributed by atoms with Gasteiger partial charge in [-0.2, -0.15) is 0 Å². The Bertz CT molecular complexity index is 585. The Morgan fingerprint density at radius 2 is 2.00 bits per heavy atom. The first-order chi connectivity index (χ1) is 9.95. The third-order valence-electron chi connectivity index (χ3n) is 3.69. The van der Waals surface area contributed by atoms with Gasteiger partial charge in [0.05, 0.1) is 24.3 Å². The lowest BCUT2D eigenvalue weighted by molar-refractivity contribution is -0.127. The third-order valence-corrected chi connectivity index (χ3v) is 3.69. The number of hydrogen-bond donors (Lipinski definition) is 0. The molecule has 6 nitrogen and oxygen atoms in total. The zero-order valence-electron chi connectivity index (χ0n) is 12.3. The quantitative estimate of drug-likeness (QED) is 0.776. The number of anilines is 1. The SMILES string of the molecule is COC(=O)c1ccccc1N(C)C(=O)C1CC(=O)N(C)C1. The summed E-state index contributed by atoms with van der Waals surface area (Å²) in [6, 6.07) is 6.75. The number of carbonyl (C=O) groups excluding carboxylic acids is 3. The normalized spacial score (nSPS) is 17.8. The fourth-order valence-electron chi connectivity index (χ4n) is 2.47. The fraction of sp³-hybridized carbons (Fsp3) is 0.400. The van der Waals surface area contributed by atoms with E-state index in [4.69, 9.17) is 4.74 Å². The van der Waals surface area contributed by atoms with Crippen LogP contribution in [0.2, 0.25) is 0 Å². The second kappa shape index (κ2) is 5.95. The van der Waals surface area contributed by atoms with Crippen LogP contribution in [0.1, 0.15) is 16.8 Å². The first kappa shape index (κ1) is 15.0. The molecule has 0 radical (unpaired) electrons. The molecule has 0 bridgehead atoms. The number of carbonyl (C=O) groups is 3. The van der Waals surface area contributed by atoms with Gasteiger partial charge in [-0.3, -0.25) is 9.59 Å². The highest BCUT2D eigenvalue weighted by Gasteiger charge is 2.34. The summed E-state index contributed by atoms with van der Waals surface area (Å²) in [7, 11) is 4.58. The van der Waals surface area contributed by atoms with Crippen molar-refractivity contribution < 1.29 is 19.1 Å². The molecule has 1 fully saturated rings. The molecule has 1 aromatic carbocycles. The number of esters is 1. The summed E-state index contributed by atoms with van der Waals surface area (Å²) in [6.07, 6.45) is 0.208. The lowest BCUT2D eigenvalue weighted by Gasteiger charge is -2.22. The Labute approximate surface area is 123 Å². The fourth-order valence-corrected chi connectivity index (χ4v) is 2.47. The predicted molar refractivity (Wildman–Crippen MR) is 76.9 cm³/mol. The predicted octanol–water partition coefficient (Wildman–Crippen LogP) is 0.914. The van der Waals surface area contributed by atoms with E-state index in [-0.39, 0.29) is 24.2 Å². The average Bonchev–Trinajstić information content (AvgIpc) is 2.84. The van der Waals surface area contributed by atoms with Gasteiger partial charge in [-0.05, 0) is 12.1 Å². The summed E-state index contributed by atoms with van der Waals surface area (Å²) in [5.41, 5.74) is 0.810. The topological polar surface area (TPSA) is 66.9 Å². The minimum Gasteiger partial charge on any atom is -0.465 e. The van der Waals surface area contributed by atoms with Crippen LogP contribution < -0.4 is 4.90 Å². The van der Waals surface area contributed by atoms with Crippen LogP contribution in [0.3, 0.4) is 0 Å². The lowest BCUT2D eigenvalue weighted by atomic mass is 10.1. The van der Waals surface area contributed by atoms with Crippen molar-refractivity contribution in [3.8, 4) is 0 Å². The molecule has 21 heavy (non-hydrogen) atoms. The molecule has 0 spiro atoms. The summed E-state index contributed by atoms with van der Waals surface area (Å²) in [6.45, 7) is 0.405. The van der Waals surface area contributed by atoms with Crippen molar-refractivity contribution in [3.63, 3.8) is 0 Å². The largest absolute Gasteiger partial charge is 0.465 e. The number of benzene rings is 1. The highest BCUT2D eigenvalue weighted by molar-refractivity contribution is 6.04. The Hall–Kier alpha value is -2.37. The van der Waals surface area contributed by atoms with Crippen molar-refractivity contribution in [2.24, 2.45) is 5.92 Å². The van der Waals surface area contributed by atoms with E-state index in [2.05, 4.69) is 0 Å². The van der Waals surface area contributed by atoms with Gasteiger partial charge in [0, 0.05) is 27.1 Å². The number of para-hydroxylation sites is 1. The molecular formula is C15H18N2O4. The van der Waals surface area contributed by atoms with Crippen molar-refractivity contribution in [1.29, 1.82) is 0 Å². The van der Waals surface area contributed by atoms with Crippen molar-refractivity contribution >= 4 is 23.5 Å². The Morgan fingerprint density at radius 1 is 1.33 bits per heavy atom. The molecule has 1 atom stereocenters. The first-order valence-corrected chi connectivity index (χ1v) is 6.64. The van der Waals surface area contributed by atoms with Gasteiger partial charge < -0.3 is 14.5 Å². The monoisotopic (exact) mass is 290 g/mol. The van der Waals surface area contributed by atoms with E-state index >= 15 is 0 Å². The van der Waals surface area contributed by atoms with E-state index in [1.165, 1.54) is 12.0 Å². The highest BCUT2D eigenvalue weighted by atomic mass is 16.5. The summed E-state index contributed by atoms with van der Waals surface area (Å²) in [5.74, 6) is -1.09. The maximum atomic E-state index is 12.5. The average molecular weight is 290 g/mol. The molecule has 1 heterocycles. The lowest BCUT2D eigenvalue weighted by Crippen LogP contribution is -2.35. The second-order valence-electron chi connectivity index (χ2n) is 5.08. The van der Waals surface area contributed by atoms with Crippen LogP contribution in [0.5, 0.6) is 0 Å². The van der Waals surface area contributed by atoms with Gasteiger partial charge in [-0.1, -0.05) is 12.1 Å². The number of methoxy groups -OCH3 is 1. The molecule has 6 heteroatoms. The van der Waals surface area contributed by atoms with E-state index in [1.807, 2.05) is 0 Å². The van der Waals surface area contributed by atoms with Gasteiger partial charge in [-0.25, -0.2) is 4.79 Å². The van der Waals surface area contributed by atoms with Crippen molar-refractivity contribution in [3.05, 3.63) is 29.8 Å².